The number of aromatic nitrogens is 2. The Morgan fingerprint density at radius 3 is 2.62 bits per heavy atom. The van der Waals surface area contributed by atoms with Gasteiger partial charge in [-0.2, -0.15) is 4.98 Å². The summed E-state index contributed by atoms with van der Waals surface area (Å²) < 4.78 is 4.95. The summed E-state index contributed by atoms with van der Waals surface area (Å²) in [5, 5.41) is 10.5. The third-order valence-electron chi connectivity index (χ3n) is 4.09. The number of aryl methyl sites for hydroxylation is 1. The van der Waals surface area contributed by atoms with Crippen molar-refractivity contribution in [2.24, 2.45) is 16.3 Å². The zero-order chi connectivity index (χ0) is 15.3. The van der Waals surface area contributed by atoms with Crippen molar-refractivity contribution in [3.8, 4) is 0 Å². The second kappa shape index (κ2) is 6.91. The molecule has 2 N–H and O–H groups in total. The molecule has 1 heterocycles. The van der Waals surface area contributed by atoms with Crippen molar-refractivity contribution < 1.29 is 4.52 Å². The Morgan fingerprint density at radius 2 is 2.14 bits per heavy atom. The van der Waals surface area contributed by atoms with Crippen LogP contribution in [0.1, 0.15) is 51.2 Å². The van der Waals surface area contributed by atoms with Gasteiger partial charge in [-0.1, -0.05) is 25.4 Å². The van der Waals surface area contributed by atoms with E-state index in [9.17, 15) is 0 Å². The molecule has 0 aliphatic heterocycles. The molecule has 0 saturated heterocycles. The van der Waals surface area contributed by atoms with Crippen LogP contribution in [-0.2, 0) is 6.54 Å². The van der Waals surface area contributed by atoms with E-state index in [1.165, 1.54) is 25.7 Å². The fraction of sp³-hybridized carbons (Fsp3) is 0.800. The lowest BCUT2D eigenvalue weighted by atomic mass is 9.64. The molecule has 118 valence electrons. The summed E-state index contributed by atoms with van der Waals surface area (Å²) in [4.78, 5) is 8.43. The highest BCUT2D eigenvalue weighted by atomic mass is 16.5. The summed E-state index contributed by atoms with van der Waals surface area (Å²) in [5.74, 6) is 2.77. The average molecular weight is 293 g/mol. The Kier molecular flexibility index (Phi) is 5.20. The molecule has 0 radical (unpaired) electrons. The molecule has 0 atom stereocenters. The molecular weight excluding hydrogens is 266 g/mol. The van der Waals surface area contributed by atoms with Gasteiger partial charge in [0.15, 0.2) is 11.8 Å². The van der Waals surface area contributed by atoms with Crippen molar-refractivity contribution in [2.45, 2.75) is 53.0 Å². The lowest BCUT2D eigenvalue weighted by Crippen LogP contribution is -2.46. The minimum Gasteiger partial charge on any atom is -0.356 e. The predicted molar refractivity (Wildman–Crippen MR) is 83.0 cm³/mol. The number of hydrogen-bond donors (Lipinski definition) is 2. The summed E-state index contributed by atoms with van der Waals surface area (Å²) in [6, 6.07) is 0. The molecule has 6 nitrogen and oxygen atoms in total. The lowest BCUT2D eigenvalue weighted by molar-refractivity contribution is 0.104. The normalized spacial score (nSPS) is 17.7. The van der Waals surface area contributed by atoms with Crippen molar-refractivity contribution in [1.29, 1.82) is 0 Å². The van der Waals surface area contributed by atoms with Crippen molar-refractivity contribution in [1.82, 2.24) is 20.8 Å². The molecule has 0 spiro atoms. The van der Waals surface area contributed by atoms with Gasteiger partial charge in [0.05, 0.1) is 6.54 Å². The van der Waals surface area contributed by atoms with Gasteiger partial charge >= 0.3 is 0 Å². The number of hydrogen-bond acceptors (Lipinski definition) is 4. The topological polar surface area (TPSA) is 75.3 Å². The Labute approximate surface area is 126 Å². The van der Waals surface area contributed by atoms with E-state index < -0.39 is 0 Å². The summed E-state index contributed by atoms with van der Waals surface area (Å²) in [5.41, 5.74) is 0.453. The van der Waals surface area contributed by atoms with E-state index in [1.54, 1.807) is 14.0 Å². The van der Waals surface area contributed by atoms with Gasteiger partial charge in [0, 0.05) is 20.5 Å². The molecule has 1 aromatic rings. The molecule has 1 aliphatic carbocycles. The third-order valence-corrected chi connectivity index (χ3v) is 4.09. The number of nitrogens with one attached hydrogen (secondary N) is 2. The number of aliphatic imine (C=N–C) groups is 1. The maximum atomic E-state index is 4.95. The molecule has 1 aromatic heterocycles. The van der Waals surface area contributed by atoms with Gasteiger partial charge in [-0.3, -0.25) is 4.99 Å². The van der Waals surface area contributed by atoms with Crippen LogP contribution in [0.2, 0.25) is 0 Å². The zero-order valence-corrected chi connectivity index (χ0v) is 13.6. The maximum absolute atomic E-state index is 4.95. The van der Waals surface area contributed by atoms with Crippen LogP contribution in [0, 0.1) is 18.3 Å². The van der Waals surface area contributed by atoms with E-state index in [1.807, 2.05) is 0 Å². The molecule has 21 heavy (non-hydrogen) atoms. The number of guanidine groups is 1. The van der Waals surface area contributed by atoms with Gasteiger partial charge in [-0.05, 0) is 30.6 Å². The molecule has 0 aromatic carbocycles. The minimum absolute atomic E-state index is 0.453. The van der Waals surface area contributed by atoms with Crippen LogP contribution in [0.15, 0.2) is 9.52 Å². The lowest BCUT2D eigenvalue weighted by Gasteiger charge is -2.43. The second-order valence-electron chi connectivity index (χ2n) is 6.46. The highest BCUT2D eigenvalue weighted by Gasteiger charge is 2.37. The number of rotatable bonds is 6. The Bertz CT molecular complexity index is 476. The molecule has 1 aliphatic rings. The van der Waals surface area contributed by atoms with E-state index >= 15 is 0 Å². The first kappa shape index (κ1) is 15.8. The van der Waals surface area contributed by atoms with Crippen LogP contribution in [0.5, 0.6) is 0 Å². The van der Waals surface area contributed by atoms with Crippen molar-refractivity contribution in [3.63, 3.8) is 0 Å². The van der Waals surface area contributed by atoms with Gasteiger partial charge in [0.1, 0.15) is 0 Å². The van der Waals surface area contributed by atoms with E-state index in [2.05, 4.69) is 39.6 Å². The first-order chi connectivity index (χ1) is 10.0. The third kappa shape index (κ3) is 4.44. The van der Waals surface area contributed by atoms with Crippen LogP contribution in [0.4, 0.5) is 0 Å². The largest absolute Gasteiger partial charge is 0.356 e. The Hall–Kier alpha value is -1.59. The standard InChI is InChI=1S/C15H27N5O/c1-11(2)8-15(6-5-7-15)10-18-14(16-4)17-9-13-19-12(3)21-20-13/h11H,5-10H2,1-4H3,(H2,16,17,18). The summed E-state index contributed by atoms with van der Waals surface area (Å²) >= 11 is 0. The fourth-order valence-corrected chi connectivity index (χ4v) is 3.06. The van der Waals surface area contributed by atoms with Crippen molar-refractivity contribution in [2.75, 3.05) is 13.6 Å². The fourth-order valence-electron chi connectivity index (χ4n) is 3.06. The van der Waals surface area contributed by atoms with Gasteiger partial charge in [-0.25, -0.2) is 0 Å². The van der Waals surface area contributed by atoms with Crippen LogP contribution in [-0.4, -0.2) is 29.7 Å². The van der Waals surface area contributed by atoms with E-state index in [0.29, 0.717) is 23.7 Å². The van der Waals surface area contributed by atoms with Gasteiger partial charge in [0.25, 0.3) is 0 Å². The van der Waals surface area contributed by atoms with Crippen molar-refractivity contribution >= 4 is 5.96 Å². The Balaban J connectivity index is 1.79. The SMILES string of the molecule is CN=C(NCc1noc(C)n1)NCC1(CC(C)C)CCC1. The second-order valence-corrected chi connectivity index (χ2v) is 6.46. The smallest absolute Gasteiger partial charge is 0.223 e. The van der Waals surface area contributed by atoms with Crippen LogP contribution in [0.25, 0.3) is 0 Å². The average Bonchev–Trinajstić information content (AvgIpc) is 2.81. The number of nitrogens with zero attached hydrogens (tertiary/aromatic N) is 3. The van der Waals surface area contributed by atoms with E-state index in [4.69, 9.17) is 4.52 Å². The summed E-state index contributed by atoms with van der Waals surface area (Å²) in [6.45, 7) is 7.89. The zero-order valence-electron chi connectivity index (χ0n) is 13.6. The van der Waals surface area contributed by atoms with Crippen LogP contribution >= 0.6 is 0 Å². The van der Waals surface area contributed by atoms with E-state index in [-0.39, 0.29) is 0 Å². The van der Waals surface area contributed by atoms with Crippen LogP contribution < -0.4 is 10.6 Å². The van der Waals surface area contributed by atoms with Crippen LogP contribution in [0.3, 0.4) is 0 Å². The quantitative estimate of drug-likeness (QED) is 0.621. The van der Waals surface area contributed by atoms with Gasteiger partial charge in [0.2, 0.25) is 5.89 Å². The molecule has 0 amide bonds. The molecule has 2 rings (SSSR count). The molecule has 0 unspecified atom stereocenters. The van der Waals surface area contributed by atoms with E-state index in [0.717, 1.165) is 18.4 Å². The van der Waals surface area contributed by atoms with Crippen molar-refractivity contribution in [3.05, 3.63) is 11.7 Å². The summed E-state index contributed by atoms with van der Waals surface area (Å²) in [6.07, 6.45) is 5.27. The first-order valence-electron chi connectivity index (χ1n) is 7.77. The predicted octanol–water partition coefficient (Wildman–Crippen LogP) is 2.26. The molecular formula is C15H27N5O. The highest BCUT2D eigenvalue weighted by molar-refractivity contribution is 5.79. The van der Waals surface area contributed by atoms with Gasteiger partial charge in [-0.15, -0.1) is 0 Å². The minimum atomic E-state index is 0.453. The maximum Gasteiger partial charge on any atom is 0.223 e. The Morgan fingerprint density at radius 1 is 1.38 bits per heavy atom. The molecule has 6 heteroatoms. The molecule has 1 saturated carbocycles. The first-order valence-corrected chi connectivity index (χ1v) is 7.77. The monoisotopic (exact) mass is 293 g/mol. The molecule has 1 fully saturated rings. The van der Waals surface area contributed by atoms with Gasteiger partial charge < -0.3 is 15.2 Å². The highest BCUT2D eigenvalue weighted by Crippen LogP contribution is 2.45. The summed E-state index contributed by atoms with van der Waals surface area (Å²) in [7, 11) is 1.78. The molecule has 0 bridgehead atoms.